The van der Waals surface area contributed by atoms with Crippen LogP contribution in [0.25, 0.3) is 0 Å². The number of alkyl halides is 3. The first-order valence-corrected chi connectivity index (χ1v) is 10.1. The van der Waals surface area contributed by atoms with Crippen molar-refractivity contribution in [2.45, 2.75) is 50.6 Å². The first kappa shape index (κ1) is 21.2. The maximum absolute atomic E-state index is 12.5. The van der Waals surface area contributed by atoms with E-state index >= 15 is 0 Å². The van der Waals surface area contributed by atoms with Crippen LogP contribution in [0, 0.1) is 0 Å². The number of para-hydroxylation sites is 1. The Kier molecular flexibility index (Phi) is 6.46. The Morgan fingerprint density at radius 3 is 2.69 bits per heavy atom. The molecular formula is C20H21F3N2O3S. The van der Waals surface area contributed by atoms with Crippen molar-refractivity contribution in [3.63, 3.8) is 0 Å². The van der Waals surface area contributed by atoms with E-state index in [1.165, 1.54) is 18.2 Å². The van der Waals surface area contributed by atoms with Crippen molar-refractivity contribution in [2.75, 3.05) is 0 Å². The van der Waals surface area contributed by atoms with Gasteiger partial charge in [0, 0.05) is 41.8 Å². The van der Waals surface area contributed by atoms with E-state index in [4.69, 9.17) is 0 Å². The third kappa shape index (κ3) is 6.22. The SMILES string of the molecule is O=C(CCC1(Cc2cccs2)CCC(=O)N1)NCc1ccccc1OC(F)(F)F. The fourth-order valence-corrected chi connectivity index (χ4v) is 4.29. The van der Waals surface area contributed by atoms with Crippen molar-refractivity contribution in [1.82, 2.24) is 10.6 Å². The van der Waals surface area contributed by atoms with Gasteiger partial charge in [0.1, 0.15) is 5.75 Å². The standard InChI is InChI=1S/C20H21F3N2O3S/c21-20(22,23)28-16-6-2-1-4-14(16)13-24-17(26)7-9-19(10-8-18(27)25-19)12-15-5-3-11-29-15/h1-6,11H,7-10,12-13H2,(H,24,26)(H,25,27). The molecule has 0 aliphatic carbocycles. The third-order valence-corrected chi connectivity index (χ3v) is 5.71. The molecule has 1 saturated heterocycles. The van der Waals surface area contributed by atoms with Crippen LogP contribution in [0.5, 0.6) is 5.75 Å². The maximum Gasteiger partial charge on any atom is 0.573 e. The average molecular weight is 426 g/mol. The second kappa shape index (κ2) is 8.86. The Hall–Kier alpha value is -2.55. The van der Waals surface area contributed by atoms with Gasteiger partial charge in [-0.25, -0.2) is 0 Å². The van der Waals surface area contributed by atoms with Crippen molar-refractivity contribution in [1.29, 1.82) is 0 Å². The zero-order chi connectivity index (χ0) is 20.9. The Bertz CT molecular complexity index is 855. The molecule has 2 aromatic rings. The van der Waals surface area contributed by atoms with E-state index in [0.29, 0.717) is 25.7 Å². The van der Waals surface area contributed by atoms with Gasteiger partial charge in [-0.2, -0.15) is 0 Å². The van der Waals surface area contributed by atoms with Crippen LogP contribution in [0.2, 0.25) is 0 Å². The third-order valence-electron chi connectivity index (χ3n) is 4.83. The number of ether oxygens (including phenoxy) is 1. The molecule has 0 saturated carbocycles. The molecule has 9 heteroatoms. The van der Waals surface area contributed by atoms with Crippen LogP contribution in [0.1, 0.15) is 36.1 Å². The first-order valence-electron chi connectivity index (χ1n) is 9.18. The van der Waals surface area contributed by atoms with Crippen molar-refractivity contribution in [2.24, 2.45) is 0 Å². The molecule has 1 aromatic carbocycles. The Morgan fingerprint density at radius 1 is 1.24 bits per heavy atom. The lowest BCUT2D eigenvalue weighted by molar-refractivity contribution is -0.274. The second-order valence-corrected chi connectivity index (χ2v) is 8.05. The van der Waals surface area contributed by atoms with Crippen molar-refractivity contribution >= 4 is 23.2 Å². The maximum atomic E-state index is 12.5. The molecule has 1 unspecified atom stereocenters. The lowest BCUT2D eigenvalue weighted by atomic mass is 9.87. The summed E-state index contributed by atoms with van der Waals surface area (Å²) in [5.74, 6) is -0.656. The number of carbonyl (C=O) groups excluding carboxylic acids is 2. The Morgan fingerprint density at radius 2 is 2.03 bits per heavy atom. The van der Waals surface area contributed by atoms with Crippen LogP contribution in [0.3, 0.4) is 0 Å². The van der Waals surface area contributed by atoms with E-state index in [0.717, 1.165) is 4.88 Å². The van der Waals surface area contributed by atoms with E-state index < -0.39 is 11.9 Å². The van der Waals surface area contributed by atoms with Crippen molar-refractivity contribution in [3.05, 3.63) is 52.2 Å². The fourth-order valence-electron chi connectivity index (χ4n) is 3.44. The molecule has 1 fully saturated rings. The van der Waals surface area contributed by atoms with Gasteiger partial charge >= 0.3 is 6.36 Å². The molecule has 0 spiro atoms. The molecule has 5 nitrogen and oxygen atoms in total. The summed E-state index contributed by atoms with van der Waals surface area (Å²) < 4.78 is 41.5. The van der Waals surface area contributed by atoms with Crippen LogP contribution >= 0.6 is 11.3 Å². The monoisotopic (exact) mass is 426 g/mol. The summed E-state index contributed by atoms with van der Waals surface area (Å²) in [5, 5.41) is 7.62. The lowest BCUT2D eigenvalue weighted by Crippen LogP contribution is -2.44. The first-order chi connectivity index (χ1) is 13.7. The quantitative estimate of drug-likeness (QED) is 0.672. The minimum atomic E-state index is -4.80. The van der Waals surface area contributed by atoms with Gasteiger partial charge in [-0.1, -0.05) is 24.3 Å². The number of nitrogens with one attached hydrogen (secondary N) is 2. The van der Waals surface area contributed by atoms with E-state index in [2.05, 4.69) is 15.4 Å². The van der Waals surface area contributed by atoms with Gasteiger partial charge in [-0.05, 0) is 30.4 Å². The molecule has 1 aromatic heterocycles. The summed E-state index contributed by atoms with van der Waals surface area (Å²) >= 11 is 1.60. The largest absolute Gasteiger partial charge is 0.573 e. The van der Waals surface area contributed by atoms with Crippen LogP contribution < -0.4 is 15.4 Å². The van der Waals surface area contributed by atoms with Gasteiger partial charge in [0.2, 0.25) is 11.8 Å². The van der Waals surface area contributed by atoms with E-state index in [9.17, 15) is 22.8 Å². The zero-order valence-corrected chi connectivity index (χ0v) is 16.4. The van der Waals surface area contributed by atoms with Crippen LogP contribution in [0.15, 0.2) is 41.8 Å². The predicted molar refractivity (Wildman–Crippen MR) is 102 cm³/mol. The van der Waals surface area contributed by atoms with Crippen molar-refractivity contribution in [3.8, 4) is 5.75 Å². The number of thiophene rings is 1. The van der Waals surface area contributed by atoms with Crippen molar-refractivity contribution < 1.29 is 27.5 Å². The number of rotatable bonds is 8. The number of hydrogen-bond donors (Lipinski definition) is 2. The lowest BCUT2D eigenvalue weighted by Gasteiger charge is -2.28. The number of amides is 2. The minimum Gasteiger partial charge on any atom is -0.405 e. The molecule has 2 heterocycles. The predicted octanol–water partition coefficient (Wildman–Crippen LogP) is 3.93. The van der Waals surface area contributed by atoms with Crippen LogP contribution in [0.4, 0.5) is 13.2 Å². The molecular weight excluding hydrogens is 405 g/mol. The molecule has 29 heavy (non-hydrogen) atoms. The van der Waals surface area contributed by atoms with Crippen LogP contribution in [-0.4, -0.2) is 23.7 Å². The van der Waals surface area contributed by atoms with Gasteiger partial charge in [0.05, 0.1) is 0 Å². The topological polar surface area (TPSA) is 67.4 Å². The number of benzene rings is 1. The summed E-state index contributed by atoms with van der Waals surface area (Å²) in [6.45, 7) is -0.0740. The molecule has 1 aliphatic rings. The number of carbonyl (C=O) groups is 2. The molecule has 1 aliphatic heterocycles. The highest BCUT2D eigenvalue weighted by atomic mass is 32.1. The number of halogens is 3. The molecule has 2 amide bonds. The zero-order valence-electron chi connectivity index (χ0n) is 15.6. The summed E-state index contributed by atoms with van der Waals surface area (Å²) in [5.41, 5.74) is -0.225. The molecule has 3 rings (SSSR count). The molecule has 156 valence electrons. The summed E-state index contributed by atoms with van der Waals surface area (Å²) in [6, 6.07) is 9.63. The number of hydrogen-bond acceptors (Lipinski definition) is 4. The van der Waals surface area contributed by atoms with E-state index in [1.807, 2.05) is 17.5 Å². The van der Waals surface area contributed by atoms with E-state index in [1.54, 1.807) is 17.4 Å². The summed E-state index contributed by atoms with van der Waals surface area (Å²) in [7, 11) is 0. The van der Waals surface area contributed by atoms with E-state index in [-0.39, 0.29) is 36.1 Å². The second-order valence-electron chi connectivity index (χ2n) is 7.02. The highest BCUT2D eigenvalue weighted by Crippen LogP contribution is 2.31. The highest BCUT2D eigenvalue weighted by molar-refractivity contribution is 7.09. The highest BCUT2D eigenvalue weighted by Gasteiger charge is 2.38. The Balaban J connectivity index is 1.56. The van der Waals surface area contributed by atoms with Gasteiger partial charge < -0.3 is 15.4 Å². The average Bonchev–Trinajstić information content (AvgIpc) is 3.28. The summed E-state index contributed by atoms with van der Waals surface area (Å²) in [6.07, 6.45) is -2.44. The normalized spacial score (nSPS) is 19.1. The van der Waals surface area contributed by atoms with Gasteiger partial charge in [-0.3, -0.25) is 9.59 Å². The smallest absolute Gasteiger partial charge is 0.405 e. The Labute approximate surface area is 170 Å². The van der Waals surface area contributed by atoms with Crippen LogP contribution in [-0.2, 0) is 22.6 Å². The van der Waals surface area contributed by atoms with Gasteiger partial charge in [-0.15, -0.1) is 24.5 Å². The van der Waals surface area contributed by atoms with Gasteiger partial charge in [0.15, 0.2) is 0 Å². The molecule has 2 N–H and O–H groups in total. The molecule has 0 radical (unpaired) electrons. The molecule has 0 bridgehead atoms. The summed E-state index contributed by atoms with van der Waals surface area (Å²) in [4.78, 5) is 25.2. The minimum absolute atomic E-state index is 0.0276. The molecule has 1 atom stereocenters. The fraction of sp³-hybridized carbons (Fsp3) is 0.400. The van der Waals surface area contributed by atoms with Gasteiger partial charge in [0.25, 0.3) is 0 Å².